The van der Waals surface area contributed by atoms with Crippen LogP contribution in [0.3, 0.4) is 0 Å². The average molecular weight is 188 g/mol. The molecular weight excluding hydrogens is 164 g/mol. The van der Waals surface area contributed by atoms with Gasteiger partial charge in [0.1, 0.15) is 0 Å². The molecule has 1 fully saturated rings. The molecule has 0 bridgehead atoms. The summed E-state index contributed by atoms with van der Waals surface area (Å²) in [5.41, 5.74) is 0. The zero-order valence-corrected chi connectivity index (χ0v) is 9.51. The first kappa shape index (κ1) is 12.9. The minimum atomic E-state index is 0.360. The van der Waals surface area contributed by atoms with Gasteiger partial charge < -0.3 is 9.47 Å². The van der Waals surface area contributed by atoms with Crippen molar-refractivity contribution >= 4 is 0 Å². The predicted molar refractivity (Wildman–Crippen MR) is 56.0 cm³/mol. The van der Waals surface area contributed by atoms with Crippen LogP contribution >= 0.6 is 0 Å². The van der Waals surface area contributed by atoms with Crippen molar-refractivity contribution in [2.24, 2.45) is 0 Å². The van der Waals surface area contributed by atoms with Gasteiger partial charge in [0.25, 0.3) is 0 Å². The molecule has 0 saturated carbocycles. The second kappa shape index (κ2) is 8.52. The van der Waals surface area contributed by atoms with E-state index in [1.165, 1.54) is 19.3 Å². The Balaban J connectivity index is 0.000000671. The van der Waals surface area contributed by atoms with E-state index < -0.39 is 0 Å². The van der Waals surface area contributed by atoms with Gasteiger partial charge in [0.15, 0.2) is 0 Å². The molecule has 80 valence electrons. The number of hydrogen-bond acceptors (Lipinski definition) is 2. The van der Waals surface area contributed by atoms with Gasteiger partial charge in [0, 0.05) is 7.11 Å². The van der Waals surface area contributed by atoms with E-state index in [1.807, 2.05) is 13.8 Å². The van der Waals surface area contributed by atoms with Crippen LogP contribution in [0.1, 0.15) is 46.5 Å². The molecular formula is C11H24O2. The number of rotatable bonds is 3. The van der Waals surface area contributed by atoms with E-state index in [2.05, 4.69) is 6.92 Å². The molecule has 0 aromatic carbocycles. The molecule has 1 rings (SSSR count). The maximum atomic E-state index is 5.75. The smallest absolute Gasteiger partial charge is 0.0812 e. The van der Waals surface area contributed by atoms with E-state index in [-0.39, 0.29) is 0 Å². The molecule has 2 heteroatoms. The van der Waals surface area contributed by atoms with Crippen LogP contribution in [0.15, 0.2) is 0 Å². The monoisotopic (exact) mass is 188 g/mol. The van der Waals surface area contributed by atoms with Crippen LogP contribution in [0.25, 0.3) is 0 Å². The fraction of sp³-hybridized carbons (Fsp3) is 1.00. The van der Waals surface area contributed by atoms with Gasteiger partial charge in [-0.05, 0) is 25.7 Å². The fourth-order valence-corrected chi connectivity index (χ4v) is 1.59. The Kier molecular flexibility index (Phi) is 8.46. The molecule has 1 aliphatic rings. The maximum absolute atomic E-state index is 5.75. The van der Waals surface area contributed by atoms with Crippen molar-refractivity contribution < 1.29 is 9.47 Å². The second-order valence-corrected chi connectivity index (χ2v) is 3.17. The van der Waals surface area contributed by atoms with E-state index in [0.29, 0.717) is 12.2 Å². The van der Waals surface area contributed by atoms with Crippen LogP contribution in [-0.4, -0.2) is 25.9 Å². The SMILES string of the molecule is CC.CCC1CCCC(COC)O1. The van der Waals surface area contributed by atoms with Crippen LogP contribution in [0, 0.1) is 0 Å². The molecule has 0 radical (unpaired) electrons. The lowest BCUT2D eigenvalue weighted by Gasteiger charge is -2.28. The molecule has 1 saturated heterocycles. The third-order valence-electron chi connectivity index (χ3n) is 2.25. The highest BCUT2D eigenvalue weighted by atomic mass is 16.5. The van der Waals surface area contributed by atoms with E-state index in [4.69, 9.17) is 9.47 Å². The first-order valence-electron chi connectivity index (χ1n) is 5.51. The summed E-state index contributed by atoms with van der Waals surface area (Å²) in [6.07, 6.45) is 5.69. The van der Waals surface area contributed by atoms with Crippen LogP contribution in [0.2, 0.25) is 0 Å². The molecule has 1 aliphatic heterocycles. The van der Waals surface area contributed by atoms with Crippen LogP contribution in [0.5, 0.6) is 0 Å². The largest absolute Gasteiger partial charge is 0.382 e. The summed E-state index contributed by atoms with van der Waals surface area (Å²) in [6.45, 7) is 6.94. The van der Waals surface area contributed by atoms with Crippen LogP contribution in [0.4, 0.5) is 0 Å². The Hall–Kier alpha value is -0.0800. The van der Waals surface area contributed by atoms with Crippen LogP contribution in [-0.2, 0) is 9.47 Å². The first-order valence-corrected chi connectivity index (χ1v) is 5.51. The van der Waals surface area contributed by atoms with Gasteiger partial charge in [-0.1, -0.05) is 20.8 Å². The van der Waals surface area contributed by atoms with Crippen molar-refractivity contribution in [2.45, 2.75) is 58.7 Å². The molecule has 0 amide bonds. The Morgan fingerprint density at radius 3 is 2.38 bits per heavy atom. The maximum Gasteiger partial charge on any atom is 0.0812 e. The molecule has 2 nitrogen and oxygen atoms in total. The van der Waals surface area contributed by atoms with E-state index in [0.717, 1.165) is 13.0 Å². The first-order chi connectivity index (χ1) is 6.36. The third-order valence-corrected chi connectivity index (χ3v) is 2.25. The molecule has 2 unspecified atom stereocenters. The fourth-order valence-electron chi connectivity index (χ4n) is 1.59. The van der Waals surface area contributed by atoms with E-state index >= 15 is 0 Å². The summed E-state index contributed by atoms with van der Waals surface area (Å²) in [5.74, 6) is 0. The lowest BCUT2D eigenvalue weighted by molar-refractivity contribution is -0.0796. The van der Waals surface area contributed by atoms with Gasteiger partial charge in [0.05, 0.1) is 18.8 Å². The van der Waals surface area contributed by atoms with Gasteiger partial charge >= 0.3 is 0 Å². The molecule has 1 heterocycles. The number of hydrogen-bond donors (Lipinski definition) is 0. The minimum absolute atomic E-state index is 0.360. The number of methoxy groups -OCH3 is 1. The highest BCUT2D eigenvalue weighted by Gasteiger charge is 2.20. The Morgan fingerprint density at radius 1 is 1.23 bits per heavy atom. The lowest BCUT2D eigenvalue weighted by Crippen LogP contribution is -2.30. The zero-order valence-electron chi connectivity index (χ0n) is 9.51. The average Bonchev–Trinajstić information content (AvgIpc) is 2.22. The van der Waals surface area contributed by atoms with Gasteiger partial charge in [-0.15, -0.1) is 0 Å². The topological polar surface area (TPSA) is 18.5 Å². The third kappa shape index (κ3) is 5.27. The number of ether oxygens (including phenoxy) is 2. The van der Waals surface area contributed by atoms with Crippen molar-refractivity contribution in [2.75, 3.05) is 13.7 Å². The standard InChI is InChI=1S/C9H18O2.C2H6/c1-3-8-5-4-6-9(11-8)7-10-2;1-2/h8-9H,3-7H2,1-2H3;1-2H3. The Labute approximate surface area is 82.6 Å². The summed E-state index contributed by atoms with van der Waals surface area (Å²) in [7, 11) is 1.74. The Morgan fingerprint density at radius 2 is 1.85 bits per heavy atom. The predicted octanol–water partition coefficient (Wildman–Crippen LogP) is 3.01. The molecule has 13 heavy (non-hydrogen) atoms. The van der Waals surface area contributed by atoms with Crippen LogP contribution < -0.4 is 0 Å². The van der Waals surface area contributed by atoms with Crippen molar-refractivity contribution in [3.8, 4) is 0 Å². The van der Waals surface area contributed by atoms with Crippen molar-refractivity contribution in [3.05, 3.63) is 0 Å². The quantitative estimate of drug-likeness (QED) is 0.678. The zero-order chi connectivity index (χ0) is 10.1. The molecule has 0 aromatic heterocycles. The highest BCUT2D eigenvalue weighted by Crippen LogP contribution is 2.20. The molecule has 0 spiro atoms. The Bertz CT molecular complexity index is 102. The van der Waals surface area contributed by atoms with Gasteiger partial charge in [-0.25, -0.2) is 0 Å². The summed E-state index contributed by atoms with van der Waals surface area (Å²) < 4.78 is 10.8. The molecule has 0 aromatic rings. The van der Waals surface area contributed by atoms with E-state index in [9.17, 15) is 0 Å². The molecule has 2 atom stereocenters. The van der Waals surface area contributed by atoms with Gasteiger partial charge in [-0.3, -0.25) is 0 Å². The summed E-state index contributed by atoms with van der Waals surface area (Å²) >= 11 is 0. The van der Waals surface area contributed by atoms with E-state index in [1.54, 1.807) is 7.11 Å². The summed E-state index contributed by atoms with van der Waals surface area (Å²) in [5, 5.41) is 0. The summed E-state index contributed by atoms with van der Waals surface area (Å²) in [6, 6.07) is 0. The van der Waals surface area contributed by atoms with Gasteiger partial charge in [-0.2, -0.15) is 0 Å². The molecule has 0 N–H and O–H groups in total. The lowest BCUT2D eigenvalue weighted by atomic mass is 10.0. The highest BCUT2D eigenvalue weighted by molar-refractivity contribution is 4.69. The summed E-state index contributed by atoms with van der Waals surface area (Å²) in [4.78, 5) is 0. The minimum Gasteiger partial charge on any atom is -0.382 e. The molecule has 0 aliphatic carbocycles. The van der Waals surface area contributed by atoms with Crippen molar-refractivity contribution in [1.82, 2.24) is 0 Å². The van der Waals surface area contributed by atoms with Gasteiger partial charge in [0.2, 0.25) is 0 Å². The second-order valence-electron chi connectivity index (χ2n) is 3.17. The van der Waals surface area contributed by atoms with Crippen molar-refractivity contribution in [3.63, 3.8) is 0 Å². The normalized spacial score (nSPS) is 27.7. The van der Waals surface area contributed by atoms with Crippen molar-refractivity contribution in [1.29, 1.82) is 0 Å².